The van der Waals surface area contributed by atoms with Crippen molar-refractivity contribution >= 4 is 17.5 Å². The molecule has 1 amide bonds. The Morgan fingerprint density at radius 1 is 1.05 bits per heavy atom. The number of nitrogens with one attached hydrogen (secondary N) is 2. The fourth-order valence-corrected chi connectivity index (χ4v) is 2.04. The molecule has 0 aliphatic heterocycles. The first kappa shape index (κ1) is 14.9. The number of hydrogen-bond donors (Lipinski definition) is 2. The monoisotopic (exact) mass is 284 g/mol. The molecular formula is C17H20N2O2. The summed E-state index contributed by atoms with van der Waals surface area (Å²) in [5.41, 5.74) is 5.61. The molecule has 0 heterocycles. The van der Waals surface area contributed by atoms with Crippen LogP contribution in [0.4, 0.5) is 16.2 Å². The number of hydrogen-bond acceptors (Lipinski definition) is 3. The molecule has 2 aromatic rings. The van der Waals surface area contributed by atoms with Crippen molar-refractivity contribution in [1.82, 2.24) is 0 Å². The van der Waals surface area contributed by atoms with E-state index in [1.807, 2.05) is 24.3 Å². The maximum absolute atomic E-state index is 11.1. The van der Waals surface area contributed by atoms with Gasteiger partial charge in [0.05, 0.1) is 7.11 Å². The molecule has 0 atom stereocenters. The van der Waals surface area contributed by atoms with Gasteiger partial charge in [-0.25, -0.2) is 4.79 Å². The van der Waals surface area contributed by atoms with E-state index in [2.05, 4.69) is 47.4 Å². The maximum Gasteiger partial charge on any atom is 0.411 e. The Kier molecular flexibility index (Phi) is 4.82. The van der Waals surface area contributed by atoms with Crippen LogP contribution < -0.4 is 10.6 Å². The van der Waals surface area contributed by atoms with Crippen LogP contribution in [-0.4, -0.2) is 13.2 Å². The van der Waals surface area contributed by atoms with Crippen LogP contribution in [-0.2, 0) is 11.3 Å². The molecule has 0 aliphatic rings. The predicted octanol–water partition coefficient (Wildman–Crippen LogP) is 4.09. The van der Waals surface area contributed by atoms with Gasteiger partial charge >= 0.3 is 6.09 Å². The average Bonchev–Trinajstić information content (AvgIpc) is 2.50. The van der Waals surface area contributed by atoms with Gasteiger partial charge in [0.25, 0.3) is 0 Å². The minimum absolute atomic E-state index is 0.467. The van der Waals surface area contributed by atoms with Crippen LogP contribution in [0.2, 0.25) is 0 Å². The van der Waals surface area contributed by atoms with E-state index in [-0.39, 0.29) is 0 Å². The highest BCUT2D eigenvalue weighted by atomic mass is 16.5. The molecule has 0 saturated carbocycles. The molecule has 0 unspecified atom stereocenters. The molecule has 0 bridgehead atoms. The van der Waals surface area contributed by atoms with Crippen LogP contribution in [0.25, 0.3) is 0 Å². The number of aryl methyl sites for hydroxylation is 1. The maximum atomic E-state index is 11.1. The number of amides is 1. The highest BCUT2D eigenvalue weighted by molar-refractivity contribution is 5.84. The zero-order chi connectivity index (χ0) is 15.2. The summed E-state index contributed by atoms with van der Waals surface area (Å²) >= 11 is 0. The van der Waals surface area contributed by atoms with Crippen molar-refractivity contribution in [3.63, 3.8) is 0 Å². The van der Waals surface area contributed by atoms with Crippen LogP contribution in [0.15, 0.2) is 42.5 Å². The van der Waals surface area contributed by atoms with Crippen molar-refractivity contribution in [2.24, 2.45) is 0 Å². The van der Waals surface area contributed by atoms with Gasteiger partial charge in [-0.05, 0) is 54.8 Å². The zero-order valence-electron chi connectivity index (χ0n) is 12.6. The zero-order valence-corrected chi connectivity index (χ0v) is 12.6. The second kappa shape index (κ2) is 6.79. The summed E-state index contributed by atoms with van der Waals surface area (Å²) in [7, 11) is 1.34. The first-order chi connectivity index (χ1) is 10.1. The molecule has 0 aromatic heterocycles. The van der Waals surface area contributed by atoms with E-state index in [0.717, 1.165) is 12.2 Å². The SMILES string of the molecule is COC(=O)Nc1ccc(NCc2cccc(C)c2C)cc1. The van der Waals surface area contributed by atoms with E-state index in [4.69, 9.17) is 0 Å². The van der Waals surface area contributed by atoms with Gasteiger partial charge in [-0.3, -0.25) is 5.32 Å². The average molecular weight is 284 g/mol. The highest BCUT2D eigenvalue weighted by Crippen LogP contribution is 2.17. The Balaban J connectivity index is 1.97. The Hall–Kier alpha value is -2.49. The van der Waals surface area contributed by atoms with E-state index in [1.165, 1.54) is 23.8 Å². The number of methoxy groups -OCH3 is 1. The lowest BCUT2D eigenvalue weighted by Crippen LogP contribution is -2.10. The molecule has 0 spiro atoms. The van der Waals surface area contributed by atoms with Crippen LogP contribution in [0.5, 0.6) is 0 Å². The topological polar surface area (TPSA) is 50.4 Å². The van der Waals surface area contributed by atoms with Crippen LogP contribution in [0.1, 0.15) is 16.7 Å². The standard InChI is InChI=1S/C17H20N2O2/c1-12-5-4-6-14(13(12)2)11-18-15-7-9-16(10-8-15)19-17(20)21-3/h4-10,18H,11H2,1-3H3,(H,19,20). The van der Waals surface area contributed by atoms with Gasteiger partial charge in [0.15, 0.2) is 0 Å². The summed E-state index contributed by atoms with van der Waals surface area (Å²) in [6, 6.07) is 13.8. The van der Waals surface area contributed by atoms with Crippen molar-refractivity contribution in [2.45, 2.75) is 20.4 Å². The second-order valence-corrected chi connectivity index (χ2v) is 4.91. The molecule has 4 nitrogen and oxygen atoms in total. The van der Waals surface area contributed by atoms with Gasteiger partial charge in [-0.1, -0.05) is 18.2 Å². The number of carbonyl (C=O) groups excluding carboxylic acids is 1. The number of anilines is 2. The third kappa shape index (κ3) is 3.99. The van der Waals surface area contributed by atoms with Crippen molar-refractivity contribution in [2.75, 3.05) is 17.7 Å². The summed E-state index contributed by atoms with van der Waals surface area (Å²) in [6.07, 6.45) is -0.467. The molecule has 0 saturated heterocycles. The lowest BCUT2D eigenvalue weighted by Gasteiger charge is -2.11. The third-order valence-corrected chi connectivity index (χ3v) is 3.52. The molecule has 2 aromatic carbocycles. The molecular weight excluding hydrogens is 264 g/mol. The van der Waals surface area contributed by atoms with Gasteiger partial charge < -0.3 is 10.1 Å². The summed E-state index contributed by atoms with van der Waals surface area (Å²) < 4.78 is 4.55. The smallest absolute Gasteiger partial charge is 0.411 e. The normalized spacial score (nSPS) is 10.0. The first-order valence-corrected chi connectivity index (χ1v) is 6.84. The van der Waals surface area contributed by atoms with E-state index in [1.54, 1.807) is 0 Å². The molecule has 0 fully saturated rings. The number of benzene rings is 2. The van der Waals surface area contributed by atoms with Gasteiger partial charge in [0.2, 0.25) is 0 Å². The minimum atomic E-state index is -0.467. The van der Waals surface area contributed by atoms with E-state index >= 15 is 0 Å². The van der Waals surface area contributed by atoms with E-state index in [0.29, 0.717) is 5.69 Å². The summed E-state index contributed by atoms with van der Waals surface area (Å²) in [5, 5.41) is 6.00. The molecule has 21 heavy (non-hydrogen) atoms. The molecule has 2 rings (SSSR count). The summed E-state index contributed by atoms with van der Waals surface area (Å²) in [6.45, 7) is 5.03. The number of rotatable bonds is 4. The van der Waals surface area contributed by atoms with Crippen molar-refractivity contribution < 1.29 is 9.53 Å². The lowest BCUT2D eigenvalue weighted by molar-refractivity contribution is 0.187. The Morgan fingerprint density at radius 2 is 1.71 bits per heavy atom. The van der Waals surface area contributed by atoms with Gasteiger partial charge in [0.1, 0.15) is 0 Å². The number of ether oxygens (including phenoxy) is 1. The first-order valence-electron chi connectivity index (χ1n) is 6.84. The van der Waals surface area contributed by atoms with Crippen LogP contribution >= 0.6 is 0 Å². The highest BCUT2D eigenvalue weighted by Gasteiger charge is 2.02. The third-order valence-electron chi connectivity index (χ3n) is 3.52. The predicted molar refractivity (Wildman–Crippen MR) is 85.7 cm³/mol. The van der Waals surface area contributed by atoms with Crippen molar-refractivity contribution in [3.8, 4) is 0 Å². The van der Waals surface area contributed by atoms with E-state index < -0.39 is 6.09 Å². The molecule has 2 N–H and O–H groups in total. The van der Waals surface area contributed by atoms with Crippen molar-refractivity contribution in [1.29, 1.82) is 0 Å². The van der Waals surface area contributed by atoms with Gasteiger partial charge in [-0.15, -0.1) is 0 Å². The molecule has 0 aliphatic carbocycles. The van der Waals surface area contributed by atoms with E-state index in [9.17, 15) is 4.79 Å². The molecule has 4 heteroatoms. The largest absolute Gasteiger partial charge is 0.453 e. The fraction of sp³-hybridized carbons (Fsp3) is 0.235. The molecule has 0 radical (unpaired) electrons. The Labute approximate surface area is 125 Å². The quantitative estimate of drug-likeness (QED) is 0.889. The Bertz CT molecular complexity index is 621. The van der Waals surface area contributed by atoms with Crippen LogP contribution in [0.3, 0.4) is 0 Å². The van der Waals surface area contributed by atoms with Crippen LogP contribution in [0, 0.1) is 13.8 Å². The summed E-state index contributed by atoms with van der Waals surface area (Å²) in [4.78, 5) is 11.1. The van der Waals surface area contributed by atoms with Crippen molar-refractivity contribution in [3.05, 3.63) is 59.2 Å². The second-order valence-electron chi connectivity index (χ2n) is 4.91. The fourth-order valence-electron chi connectivity index (χ4n) is 2.04. The Morgan fingerprint density at radius 3 is 2.38 bits per heavy atom. The lowest BCUT2D eigenvalue weighted by atomic mass is 10.0. The van der Waals surface area contributed by atoms with Gasteiger partial charge in [-0.2, -0.15) is 0 Å². The minimum Gasteiger partial charge on any atom is -0.453 e. The van der Waals surface area contributed by atoms with Gasteiger partial charge in [0, 0.05) is 17.9 Å². The number of carbonyl (C=O) groups is 1. The molecule has 110 valence electrons. The summed E-state index contributed by atoms with van der Waals surface area (Å²) in [5.74, 6) is 0.